The molecule has 3 heteroatoms. The van der Waals surface area contributed by atoms with Gasteiger partial charge in [0.2, 0.25) is 0 Å². The van der Waals surface area contributed by atoms with Gasteiger partial charge in [-0.05, 0) is 56.8 Å². The summed E-state index contributed by atoms with van der Waals surface area (Å²) >= 11 is 10.2. The van der Waals surface area contributed by atoms with Gasteiger partial charge in [-0.1, -0.05) is 55.8 Å². The van der Waals surface area contributed by atoms with Crippen molar-refractivity contribution in [3.8, 4) is 0 Å². The van der Waals surface area contributed by atoms with E-state index < -0.39 is 0 Å². The summed E-state index contributed by atoms with van der Waals surface area (Å²) in [4.78, 5) is 2.43. The molecule has 0 aliphatic carbocycles. The number of rotatable bonds is 11. The average Bonchev–Trinajstić information content (AvgIpc) is 2.49. The van der Waals surface area contributed by atoms with Gasteiger partial charge >= 0.3 is 0 Å². The molecule has 0 aromatic heterocycles. The maximum Gasteiger partial charge on any atom is 0.0406 e. The molecular formula is C18H30ClNS. The highest BCUT2D eigenvalue weighted by atomic mass is 35.5. The van der Waals surface area contributed by atoms with Gasteiger partial charge < -0.3 is 0 Å². The molecule has 1 atom stereocenters. The van der Waals surface area contributed by atoms with E-state index in [2.05, 4.69) is 43.6 Å². The average molecular weight is 328 g/mol. The maximum atomic E-state index is 5.94. The second kappa shape index (κ2) is 11.4. The van der Waals surface area contributed by atoms with Gasteiger partial charge in [-0.2, -0.15) is 12.6 Å². The zero-order chi connectivity index (χ0) is 15.5. The van der Waals surface area contributed by atoms with Gasteiger partial charge in [0.05, 0.1) is 0 Å². The number of benzene rings is 1. The van der Waals surface area contributed by atoms with Crippen molar-refractivity contribution in [1.82, 2.24) is 4.90 Å². The predicted molar refractivity (Wildman–Crippen MR) is 98.7 cm³/mol. The molecule has 0 aliphatic heterocycles. The Kier molecular flexibility index (Phi) is 10.2. The summed E-state index contributed by atoms with van der Waals surface area (Å²) in [5, 5.41) is 0.812. The van der Waals surface area contributed by atoms with Crippen molar-refractivity contribution in [2.75, 3.05) is 19.3 Å². The highest BCUT2D eigenvalue weighted by Gasteiger charge is 2.10. The molecule has 0 saturated carbocycles. The molecule has 21 heavy (non-hydrogen) atoms. The van der Waals surface area contributed by atoms with Gasteiger partial charge in [-0.3, -0.25) is 4.90 Å². The Bertz CT molecular complexity index is 366. The minimum absolute atomic E-state index is 0.456. The van der Waals surface area contributed by atoms with Crippen LogP contribution in [0.15, 0.2) is 24.3 Å². The van der Waals surface area contributed by atoms with E-state index in [0.717, 1.165) is 10.8 Å². The highest BCUT2D eigenvalue weighted by Crippen LogP contribution is 2.21. The van der Waals surface area contributed by atoms with Gasteiger partial charge in [0.25, 0.3) is 0 Å². The van der Waals surface area contributed by atoms with E-state index in [1.807, 2.05) is 12.1 Å². The summed E-state index contributed by atoms with van der Waals surface area (Å²) in [5.41, 5.74) is 1.34. The largest absolute Gasteiger partial charge is 0.300 e. The first-order chi connectivity index (χ1) is 10.1. The number of hydrogen-bond acceptors (Lipinski definition) is 2. The Morgan fingerprint density at radius 3 is 2.05 bits per heavy atom. The Hall–Kier alpha value is -0.180. The molecule has 0 aliphatic rings. The van der Waals surface area contributed by atoms with Crippen molar-refractivity contribution in [2.24, 2.45) is 0 Å². The molecule has 1 aromatic carbocycles. The fourth-order valence-corrected chi connectivity index (χ4v) is 2.90. The number of thiol groups is 1. The van der Waals surface area contributed by atoms with Gasteiger partial charge in [0.1, 0.15) is 0 Å². The lowest BCUT2D eigenvalue weighted by molar-refractivity contribution is 0.255. The normalized spacial score (nSPS) is 12.8. The molecule has 1 nitrogen and oxygen atoms in total. The van der Waals surface area contributed by atoms with Crippen molar-refractivity contribution in [3.05, 3.63) is 34.9 Å². The molecule has 120 valence electrons. The van der Waals surface area contributed by atoms with Gasteiger partial charge in [-0.25, -0.2) is 0 Å². The second-order valence-electron chi connectivity index (χ2n) is 5.91. The first-order valence-electron chi connectivity index (χ1n) is 8.21. The van der Waals surface area contributed by atoms with Crippen LogP contribution in [0.1, 0.15) is 63.5 Å². The zero-order valence-electron chi connectivity index (χ0n) is 13.5. The number of nitrogens with zero attached hydrogens (tertiary/aromatic N) is 1. The van der Waals surface area contributed by atoms with Crippen LogP contribution in [0.25, 0.3) is 0 Å². The summed E-state index contributed by atoms with van der Waals surface area (Å²) < 4.78 is 0. The molecule has 0 N–H and O–H groups in total. The van der Waals surface area contributed by atoms with Crippen LogP contribution in [-0.4, -0.2) is 24.2 Å². The van der Waals surface area contributed by atoms with Crippen LogP contribution in [0, 0.1) is 0 Å². The SMILES string of the molecule is CC(c1ccc(Cl)cc1)N(C)CCCCCCCCCS. The number of unbranched alkanes of at least 4 members (excludes halogenated alkanes) is 6. The van der Waals surface area contributed by atoms with Crippen LogP contribution in [0.3, 0.4) is 0 Å². The summed E-state index contributed by atoms with van der Waals surface area (Å²) in [5.74, 6) is 1.04. The van der Waals surface area contributed by atoms with Crippen LogP contribution < -0.4 is 0 Å². The summed E-state index contributed by atoms with van der Waals surface area (Å²) in [6.07, 6.45) is 9.37. The van der Waals surface area contributed by atoms with Gasteiger partial charge in [0, 0.05) is 11.1 Å². The molecule has 1 unspecified atom stereocenters. The highest BCUT2D eigenvalue weighted by molar-refractivity contribution is 7.80. The van der Waals surface area contributed by atoms with Crippen LogP contribution in [0.5, 0.6) is 0 Å². The summed E-state index contributed by atoms with van der Waals surface area (Å²) in [7, 11) is 2.21. The van der Waals surface area contributed by atoms with E-state index in [1.165, 1.54) is 57.1 Å². The van der Waals surface area contributed by atoms with Crippen molar-refractivity contribution >= 4 is 24.2 Å². The lowest BCUT2D eigenvalue weighted by Gasteiger charge is -2.25. The third-order valence-electron chi connectivity index (χ3n) is 4.18. The molecular weight excluding hydrogens is 298 g/mol. The topological polar surface area (TPSA) is 3.24 Å². The van der Waals surface area contributed by atoms with Gasteiger partial charge in [0.15, 0.2) is 0 Å². The first-order valence-corrected chi connectivity index (χ1v) is 9.22. The van der Waals surface area contributed by atoms with E-state index in [4.69, 9.17) is 11.6 Å². The molecule has 0 spiro atoms. The quantitative estimate of drug-likeness (QED) is 0.385. The van der Waals surface area contributed by atoms with E-state index in [1.54, 1.807) is 0 Å². The lowest BCUT2D eigenvalue weighted by atomic mass is 10.1. The molecule has 0 saturated heterocycles. The fraction of sp³-hybridized carbons (Fsp3) is 0.667. The van der Waals surface area contributed by atoms with E-state index in [0.29, 0.717) is 6.04 Å². The van der Waals surface area contributed by atoms with Gasteiger partial charge in [-0.15, -0.1) is 0 Å². The first kappa shape index (κ1) is 18.9. The molecule has 0 fully saturated rings. The number of hydrogen-bond donors (Lipinski definition) is 1. The third kappa shape index (κ3) is 8.13. The molecule has 0 heterocycles. The van der Waals surface area contributed by atoms with E-state index in [-0.39, 0.29) is 0 Å². The van der Waals surface area contributed by atoms with E-state index >= 15 is 0 Å². The smallest absolute Gasteiger partial charge is 0.0406 e. The third-order valence-corrected chi connectivity index (χ3v) is 4.75. The number of halogens is 1. The molecule has 1 rings (SSSR count). The van der Waals surface area contributed by atoms with Crippen LogP contribution in [0.2, 0.25) is 5.02 Å². The van der Waals surface area contributed by atoms with Crippen LogP contribution >= 0.6 is 24.2 Å². The maximum absolute atomic E-state index is 5.94. The standard InChI is InChI=1S/C18H30ClNS/c1-16(17-10-12-18(19)13-11-17)20(2)14-8-6-4-3-5-7-9-15-21/h10-13,16,21H,3-9,14-15H2,1-2H3. The predicted octanol–water partition coefficient (Wildman–Crippen LogP) is 5.99. The molecule has 0 radical (unpaired) electrons. The van der Waals surface area contributed by atoms with E-state index in [9.17, 15) is 0 Å². The molecule has 0 amide bonds. The Morgan fingerprint density at radius 1 is 0.952 bits per heavy atom. The van der Waals surface area contributed by atoms with Crippen molar-refractivity contribution in [1.29, 1.82) is 0 Å². The Labute approximate surface area is 141 Å². The van der Waals surface area contributed by atoms with Crippen molar-refractivity contribution in [2.45, 2.75) is 57.9 Å². The monoisotopic (exact) mass is 327 g/mol. The fourth-order valence-electron chi connectivity index (χ4n) is 2.55. The van der Waals surface area contributed by atoms with Crippen LogP contribution in [0.4, 0.5) is 0 Å². The molecule has 1 aromatic rings. The summed E-state index contributed by atoms with van der Waals surface area (Å²) in [6, 6.07) is 8.67. The lowest BCUT2D eigenvalue weighted by Crippen LogP contribution is -2.23. The summed E-state index contributed by atoms with van der Waals surface area (Å²) in [6.45, 7) is 3.43. The minimum Gasteiger partial charge on any atom is -0.300 e. The second-order valence-corrected chi connectivity index (χ2v) is 6.79. The van der Waals surface area contributed by atoms with Crippen LogP contribution in [-0.2, 0) is 0 Å². The minimum atomic E-state index is 0.456. The zero-order valence-corrected chi connectivity index (χ0v) is 15.2. The van der Waals surface area contributed by atoms with Crippen molar-refractivity contribution in [3.63, 3.8) is 0 Å². The van der Waals surface area contributed by atoms with Crippen molar-refractivity contribution < 1.29 is 0 Å². The molecule has 0 bridgehead atoms. The Morgan fingerprint density at radius 2 is 1.48 bits per heavy atom. The Balaban J connectivity index is 2.12.